The Balaban J connectivity index is 0.00000261. The van der Waals surface area contributed by atoms with Crippen molar-refractivity contribution in [1.29, 1.82) is 0 Å². The van der Waals surface area contributed by atoms with Gasteiger partial charge in [0, 0.05) is 25.0 Å². The van der Waals surface area contributed by atoms with Gasteiger partial charge in [-0.2, -0.15) is 5.10 Å². The maximum Gasteiger partial charge on any atom is 0.274 e. The molecule has 148 valence electrons. The number of hydrogen-bond acceptors (Lipinski definition) is 4. The highest BCUT2D eigenvalue weighted by Crippen LogP contribution is 2.30. The van der Waals surface area contributed by atoms with Crippen molar-refractivity contribution in [3.63, 3.8) is 0 Å². The zero-order valence-electron chi connectivity index (χ0n) is 16.1. The molecule has 27 heavy (non-hydrogen) atoms. The molecule has 0 saturated carbocycles. The van der Waals surface area contributed by atoms with Crippen LogP contribution in [0, 0.1) is 5.41 Å². The van der Waals surface area contributed by atoms with Gasteiger partial charge in [0.15, 0.2) is 5.69 Å². The van der Waals surface area contributed by atoms with Crippen molar-refractivity contribution in [2.24, 2.45) is 11.1 Å². The number of benzene rings is 1. The summed E-state index contributed by atoms with van der Waals surface area (Å²) in [6, 6.07) is 7.26. The second-order valence-electron chi connectivity index (χ2n) is 7.62. The van der Waals surface area contributed by atoms with Crippen molar-refractivity contribution >= 4 is 29.1 Å². The first-order valence-electron chi connectivity index (χ1n) is 9.48. The number of nitrogens with zero attached hydrogens (tertiary/aromatic N) is 3. The van der Waals surface area contributed by atoms with E-state index in [9.17, 15) is 9.59 Å². The molecule has 1 unspecified atom stereocenters. The zero-order chi connectivity index (χ0) is 18.7. The van der Waals surface area contributed by atoms with Gasteiger partial charge in [-0.1, -0.05) is 44.9 Å². The minimum atomic E-state index is -0.124. The van der Waals surface area contributed by atoms with Gasteiger partial charge in [-0.3, -0.25) is 9.59 Å². The molecule has 0 spiro atoms. The van der Waals surface area contributed by atoms with Gasteiger partial charge in [0.05, 0.1) is 5.39 Å². The van der Waals surface area contributed by atoms with Crippen molar-refractivity contribution in [3.8, 4) is 0 Å². The number of aromatic nitrogens is 2. The lowest BCUT2D eigenvalue weighted by atomic mass is 9.90. The van der Waals surface area contributed by atoms with Crippen LogP contribution in [-0.2, 0) is 6.54 Å². The van der Waals surface area contributed by atoms with E-state index >= 15 is 0 Å². The molecule has 2 heterocycles. The summed E-state index contributed by atoms with van der Waals surface area (Å²) in [7, 11) is 0. The van der Waals surface area contributed by atoms with E-state index in [0.717, 1.165) is 25.7 Å². The summed E-state index contributed by atoms with van der Waals surface area (Å²) in [6.07, 6.45) is 3.87. The van der Waals surface area contributed by atoms with Gasteiger partial charge in [-0.15, -0.1) is 12.4 Å². The summed E-state index contributed by atoms with van der Waals surface area (Å²) in [5.74, 6) is -0.109. The molecule has 0 radical (unpaired) electrons. The molecule has 1 fully saturated rings. The fraction of sp³-hybridized carbons (Fsp3) is 0.550. The SMILES string of the molecule is CCCCCn1nc(C(=O)N2CCC(C)(CN)C2)c2ccccc2c1=O.Cl. The predicted molar refractivity (Wildman–Crippen MR) is 110 cm³/mol. The number of carbonyl (C=O) groups excluding carboxylic acids is 1. The Hall–Kier alpha value is -1.92. The number of likely N-dealkylation sites (tertiary alicyclic amines) is 1. The third kappa shape index (κ3) is 4.33. The Bertz CT molecular complexity index is 867. The molecule has 6 nitrogen and oxygen atoms in total. The number of rotatable bonds is 6. The van der Waals surface area contributed by atoms with Crippen LogP contribution in [0.3, 0.4) is 0 Å². The van der Waals surface area contributed by atoms with Crippen LogP contribution < -0.4 is 11.3 Å². The second-order valence-corrected chi connectivity index (χ2v) is 7.62. The third-order valence-corrected chi connectivity index (χ3v) is 5.38. The van der Waals surface area contributed by atoms with Gasteiger partial charge < -0.3 is 10.6 Å². The first-order chi connectivity index (χ1) is 12.5. The first-order valence-corrected chi connectivity index (χ1v) is 9.48. The summed E-state index contributed by atoms with van der Waals surface area (Å²) in [5, 5.41) is 5.67. The van der Waals surface area contributed by atoms with Crippen molar-refractivity contribution in [3.05, 3.63) is 40.3 Å². The molecular weight excluding hydrogens is 364 g/mol. The van der Waals surface area contributed by atoms with E-state index in [1.807, 2.05) is 23.1 Å². The number of unbranched alkanes of at least 4 members (excludes halogenated alkanes) is 2. The minimum absolute atomic E-state index is 0. The van der Waals surface area contributed by atoms with E-state index in [0.29, 0.717) is 42.6 Å². The van der Waals surface area contributed by atoms with Gasteiger partial charge >= 0.3 is 0 Å². The smallest absolute Gasteiger partial charge is 0.274 e. The number of carbonyl (C=O) groups is 1. The number of amides is 1. The molecule has 3 rings (SSSR count). The molecule has 0 bridgehead atoms. The van der Waals surface area contributed by atoms with Crippen LogP contribution in [0.1, 0.15) is 50.0 Å². The molecule has 1 saturated heterocycles. The lowest BCUT2D eigenvalue weighted by Crippen LogP contribution is -2.36. The average molecular weight is 393 g/mol. The van der Waals surface area contributed by atoms with Crippen LogP contribution in [0.5, 0.6) is 0 Å². The van der Waals surface area contributed by atoms with E-state index < -0.39 is 0 Å². The summed E-state index contributed by atoms with van der Waals surface area (Å²) < 4.78 is 1.46. The fourth-order valence-electron chi connectivity index (χ4n) is 3.57. The van der Waals surface area contributed by atoms with E-state index in [-0.39, 0.29) is 29.3 Å². The van der Waals surface area contributed by atoms with Gasteiger partial charge in [-0.05, 0) is 30.9 Å². The third-order valence-electron chi connectivity index (χ3n) is 5.38. The molecule has 1 aliphatic rings. The zero-order valence-corrected chi connectivity index (χ0v) is 16.9. The molecule has 7 heteroatoms. The number of fused-ring (bicyclic) bond motifs is 1. The van der Waals surface area contributed by atoms with E-state index in [2.05, 4.69) is 18.9 Å². The molecule has 1 amide bonds. The highest BCUT2D eigenvalue weighted by Gasteiger charge is 2.36. The molecule has 1 atom stereocenters. The number of nitrogens with two attached hydrogens (primary N) is 1. The van der Waals surface area contributed by atoms with E-state index in [1.54, 1.807) is 6.07 Å². The predicted octanol–water partition coefficient (Wildman–Crippen LogP) is 2.82. The molecule has 0 aliphatic carbocycles. The minimum Gasteiger partial charge on any atom is -0.337 e. The van der Waals surface area contributed by atoms with Crippen LogP contribution >= 0.6 is 12.4 Å². The highest BCUT2D eigenvalue weighted by atomic mass is 35.5. The van der Waals surface area contributed by atoms with Crippen molar-refractivity contribution in [2.75, 3.05) is 19.6 Å². The van der Waals surface area contributed by atoms with Gasteiger partial charge in [-0.25, -0.2) is 4.68 Å². The fourth-order valence-corrected chi connectivity index (χ4v) is 3.57. The van der Waals surface area contributed by atoms with Crippen molar-refractivity contribution < 1.29 is 4.79 Å². The van der Waals surface area contributed by atoms with Crippen LogP contribution in [0.25, 0.3) is 10.8 Å². The normalized spacial score (nSPS) is 19.3. The summed E-state index contributed by atoms with van der Waals surface area (Å²) in [4.78, 5) is 27.7. The monoisotopic (exact) mass is 392 g/mol. The Morgan fingerprint density at radius 2 is 1.96 bits per heavy atom. The largest absolute Gasteiger partial charge is 0.337 e. The Labute approximate surface area is 166 Å². The van der Waals surface area contributed by atoms with Crippen LogP contribution in [0.4, 0.5) is 0 Å². The number of hydrogen-bond donors (Lipinski definition) is 1. The standard InChI is InChI=1S/C20H28N4O2.ClH/c1-3-4-7-11-24-18(25)16-9-6-5-8-15(16)17(22-24)19(26)23-12-10-20(2,13-21)14-23;/h5-6,8-9H,3-4,7,10-14,21H2,1-2H3;1H. The van der Waals surface area contributed by atoms with Gasteiger partial charge in [0.2, 0.25) is 0 Å². The quantitative estimate of drug-likeness (QED) is 0.766. The maximum absolute atomic E-state index is 13.2. The van der Waals surface area contributed by atoms with Crippen molar-refractivity contribution in [1.82, 2.24) is 14.7 Å². The Kier molecular flexibility index (Phi) is 7.00. The summed E-state index contributed by atoms with van der Waals surface area (Å²) in [6.45, 7) is 6.63. The van der Waals surface area contributed by atoms with Crippen molar-refractivity contribution in [2.45, 2.75) is 46.1 Å². The summed E-state index contributed by atoms with van der Waals surface area (Å²) in [5.41, 5.74) is 6.08. The molecule has 2 aromatic rings. The Morgan fingerprint density at radius 3 is 2.59 bits per heavy atom. The van der Waals surface area contributed by atoms with E-state index in [1.165, 1.54) is 4.68 Å². The molecule has 1 aromatic carbocycles. The summed E-state index contributed by atoms with van der Waals surface area (Å²) >= 11 is 0. The average Bonchev–Trinajstić information content (AvgIpc) is 3.06. The van der Waals surface area contributed by atoms with E-state index in [4.69, 9.17) is 5.73 Å². The van der Waals surface area contributed by atoms with Crippen LogP contribution in [0.15, 0.2) is 29.1 Å². The van der Waals surface area contributed by atoms with Gasteiger partial charge in [0.25, 0.3) is 11.5 Å². The highest BCUT2D eigenvalue weighted by molar-refractivity contribution is 6.04. The second kappa shape index (κ2) is 8.85. The molecule has 1 aromatic heterocycles. The Morgan fingerprint density at radius 1 is 1.26 bits per heavy atom. The lowest BCUT2D eigenvalue weighted by Gasteiger charge is -2.22. The van der Waals surface area contributed by atoms with Crippen LogP contribution in [-0.4, -0.2) is 40.2 Å². The lowest BCUT2D eigenvalue weighted by molar-refractivity contribution is 0.0770. The molecule has 1 aliphatic heterocycles. The maximum atomic E-state index is 13.2. The molecular formula is C20H29ClN4O2. The number of aryl methyl sites for hydroxylation is 1. The number of halogens is 1. The first kappa shape index (κ1) is 21.4. The van der Waals surface area contributed by atoms with Gasteiger partial charge in [0.1, 0.15) is 0 Å². The van der Waals surface area contributed by atoms with Crippen LogP contribution in [0.2, 0.25) is 0 Å². The topological polar surface area (TPSA) is 81.2 Å². The molecule has 2 N–H and O–H groups in total.